The zero-order chi connectivity index (χ0) is 16.8. The van der Waals surface area contributed by atoms with Gasteiger partial charge < -0.3 is 15.0 Å². The topological polar surface area (TPSA) is 42.8 Å². The van der Waals surface area contributed by atoms with E-state index in [0.29, 0.717) is 13.2 Å². The number of anilines is 1. The highest BCUT2D eigenvalue weighted by atomic mass is 16.5. The Labute approximate surface area is 143 Å². The standard InChI is InChI=1S/C20H24N2O2/c1-22(12-13-24-19-8-3-2-4-9-19)15-20(23)21-18-11-10-16-6-5-7-17(16)14-18/h2-4,8-11,14H,5-7,12-13,15H2,1H3,(H,21,23)/p+1. The molecule has 2 N–H and O–H groups in total. The molecule has 0 heterocycles. The molecule has 0 saturated heterocycles. The molecule has 0 fully saturated rings. The van der Waals surface area contributed by atoms with Crippen molar-refractivity contribution in [2.75, 3.05) is 32.1 Å². The highest BCUT2D eigenvalue weighted by Gasteiger charge is 2.14. The molecule has 4 nitrogen and oxygen atoms in total. The number of fused-ring (bicyclic) bond motifs is 1. The molecule has 1 atom stereocenters. The Morgan fingerprint density at radius 1 is 1.12 bits per heavy atom. The molecule has 24 heavy (non-hydrogen) atoms. The predicted molar refractivity (Wildman–Crippen MR) is 95.7 cm³/mol. The molecule has 3 rings (SSSR count). The van der Waals surface area contributed by atoms with Crippen LogP contribution in [0.5, 0.6) is 5.75 Å². The van der Waals surface area contributed by atoms with Gasteiger partial charge in [-0.25, -0.2) is 0 Å². The van der Waals surface area contributed by atoms with Crippen molar-refractivity contribution in [3.8, 4) is 5.75 Å². The number of para-hydroxylation sites is 1. The monoisotopic (exact) mass is 325 g/mol. The van der Waals surface area contributed by atoms with E-state index in [1.165, 1.54) is 17.5 Å². The number of likely N-dealkylation sites (N-methyl/N-ethyl adjacent to an activating group) is 1. The third kappa shape index (κ3) is 4.59. The van der Waals surface area contributed by atoms with Crippen LogP contribution in [-0.4, -0.2) is 32.7 Å². The van der Waals surface area contributed by atoms with Crippen molar-refractivity contribution in [1.82, 2.24) is 0 Å². The number of benzene rings is 2. The van der Waals surface area contributed by atoms with Crippen molar-refractivity contribution in [3.63, 3.8) is 0 Å². The summed E-state index contributed by atoms with van der Waals surface area (Å²) >= 11 is 0. The van der Waals surface area contributed by atoms with Gasteiger partial charge in [0.2, 0.25) is 0 Å². The first-order valence-corrected chi connectivity index (χ1v) is 8.61. The van der Waals surface area contributed by atoms with Gasteiger partial charge in [-0.2, -0.15) is 0 Å². The second kappa shape index (κ2) is 7.97. The fourth-order valence-electron chi connectivity index (χ4n) is 3.08. The van der Waals surface area contributed by atoms with Crippen LogP contribution in [0.3, 0.4) is 0 Å². The molecule has 0 bridgehead atoms. The van der Waals surface area contributed by atoms with Crippen LogP contribution in [0.15, 0.2) is 48.5 Å². The lowest BCUT2D eigenvalue weighted by Gasteiger charge is -2.14. The van der Waals surface area contributed by atoms with Gasteiger partial charge in [0, 0.05) is 5.69 Å². The molecule has 0 radical (unpaired) electrons. The average molecular weight is 325 g/mol. The van der Waals surface area contributed by atoms with E-state index in [-0.39, 0.29) is 5.91 Å². The Balaban J connectivity index is 1.41. The van der Waals surface area contributed by atoms with Crippen LogP contribution in [0.1, 0.15) is 17.5 Å². The largest absolute Gasteiger partial charge is 0.488 e. The second-order valence-electron chi connectivity index (χ2n) is 6.43. The number of nitrogens with one attached hydrogen (secondary N) is 2. The van der Waals surface area contributed by atoms with Gasteiger partial charge >= 0.3 is 0 Å². The van der Waals surface area contributed by atoms with Crippen LogP contribution in [0.2, 0.25) is 0 Å². The van der Waals surface area contributed by atoms with E-state index in [4.69, 9.17) is 4.74 Å². The summed E-state index contributed by atoms with van der Waals surface area (Å²) in [7, 11) is 2.01. The van der Waals surface area contributed by atoms with Crippen LogP contribution >= 0.6 is 0 Å². The maximum Gasteiger partial charge on any atom is 0.279 e. The Kier molecular flexibility index (Phi) is 5.49. The first-order valence-electron chi connectivity index (χ1n) is 8.61. The van der Waals surface area contributed by atoms with E-state index in [1.54, 1.807) is 0 Å². The highest BCUT2D eigenvalue weighted by molar-refractivity contribution is 5.91. The summed E-state index contributed by atoms with van der Waals surface area (Å²) in [4.78, 5) is 13.3. The van der Waals surface area contributed by atoms with E-state index in [9.17, 15) is 4.79 Å². The molecule has 1 aliphatic carbocycles. The summed E-state index contributed by atoms with van der Waals surface area (Å²) in [6, 6.07) is 16.0. The van der Waals surface area contributed by atoms with Gasteiger partial charge in [0.15, 0.2) is 6.54 Å². The van der Waals surface area contributed by atoms with Crippen molar-refractivity contribution in [2.45, 2.75) is 19.3 Å². The SMILES string of the molecule is C[NH+](CCOc1ccccc1)CC(=O)Nc1ccc2c(c1)CCC2. The van der Waals surface area contributed by atoms with Crippen LogP contribution in [0.4, 0.5) is 5.69 Å². The fraction of sp³-hybridized carbons (Fsp3) is 0.350. The third-order valence-corrected chi connectivity index (χ3v) is 4.39. The van der Waals surface area contributed by atoms with E-state index >= 15 is 0 Å². The number of amides is 1. The van der Waals surface area contributed by atoms with Gasteiger partial charge in [-0.1, -0.05) is 24.3 Å². The van der Waals surface area contributed by atoms with E-state index < -0.39 is 0 Å². The second-order valence-corrected chi connectivity index (χ2v) is 6.43. The molecular formula is C20H25N2O2+. The van der Waals surface area contributed by atoms with Gasteiger partial charge in [0.1, 0.15) is 18.9 Å². The molecule has 0 saturated carbocycles. The van der Waals surface area contributed by atoms with Crippen molar-refractivity contribution in [1.29, 1.82) is 0 Å². The van der Waals surface area contributed by atoms with Gasteiger partial charge in [-0.05, 0) is 54.7 Å². The van der Waals surface area contributed by atoms with Crippen LogP contribution in [-0.2, 0) is 17.6 Å². The van der Waals surface area contributed by atoms with Crippen molar-refractivity contribution in [3.05, 3.63) is 59.7 Å². The summed E-state index contributed by atoms with van der Waals surface area (Å²) in [6.07, 6.45) is 3.51. The smallest absolute Gasteiger partial charge is 0.279 e. The van der Waals surface area contributed by atoms with Gasteiger partial charge in [-0.3, -0.25) is 4.79 Å². The van der Waals surface area contributed by atoms with Gasteiger partial charge in [-0.15, -0.1) is 0 Å². The lowest BCUT2D eigenvalue weighted by molar-refractivity contribution is -0.871. The summed E-state index contributed by atoms with van der Waals surface area (Å²) in [5, 5.41) is 3.01. The molecule has 4 heteroatoms. The number of aryl methyl sites for hydroxylation is 2. The molecule has 1 unspecified atom stereocenters. The fourth-order valence-corrected chi connectivity index (χ4v) is 3.08. The Morgan fingerprint density at radius 2 is 1.92 bits per heavy atom. The number of carbonyl (C=O) groups is 1. The highest BCUT2D eigenvalue weighted by Crippen LogP contribution is 2.24. The average Bonchev–Trinajstić information content (AvgIpc) is 3.03. The Hall–Kier alpha value is -2.33. The Morgan fingerprint density at radius 3 is 2.75 bits per heavy atom. The number of ether oxygens (including phenoxy) is 1. The molecular weight excluding hydrogens is 300 g/mol. The quantitative estimate of drug-likeness (QED) is 0.814. The van der Waals surface area contributed by atoms with Gasteiger partial charge in [0.25, 0.3) is 5.91 Å². The number of hydrogen-bond donors (Lipinski definition) is 2. The first kappa shape index (κ1) is 16.5. The summed E-state index contributed by atoms with van der Waals surface area (Å²) in [6.45, 7) is 1.82. The van der Waals surface area contributed by atoms with Crippen molar-refractivity contribution >= 4 is 11.6 Å². The zero-order valence-corrected chi connectivity index (χ0v) is 14.2. The molecule has 0 aliphatic heterocycles. The van der Waals surface area contributed by atoms with E-state index in [0.717, 1.165) is 35.7 Å². The number of rotatable bonds is 7. The summed E-state index contributed by atoms with van der Waals surface area (Å²) in [5.41, 5.74) is 3.72. The van der Waals surface area contributed by atoms with E-state index in [1.807, 2.05) is 43.4 Å². The zero-order valence-electron chi connectivity index (χ0n) is 14.2. The molecule has 1 aliphatic rings. The minimum Gasteiger partial charge on any atom is -0.488 e. The minimum atomic E-state index is 0.0464. The summed E-state index contributed by atoms with van der Waals surface area (Å²) < 4.78 is 5.67. The summed E-state index contributed by atoms with van der Waals surface area (Å²) in [5.74, 6) is 0.915. The van der Waals surface area contributed by atoms with Crippen LogP contribution < -0.4 is 15.0 Å². The number of carbonyl (C=O) groups excluding carboxylic acids is 1. The third-order valence-electron chi connectivity index (χ3n) is 4.39. The van der Waals surface area contributed by atoms with Crippen molar-refractivity contribution < 1.29 is 14.4 Å². The normalized spacial score (nSPS) is 14.0. The minimum absolute atomic E-state index is 0.0464. The first-order chi connectivity index (χ1) is 11.7. The molecule has 1 amide bonds. The van der Waals surface area contributed by atoms with Crippen molar-refractivity contribution in [2.24, 2.45) is 0 Å². The maximum atomic E-state index is 12.2. The maximum absolute atomic E-state index is 12.2. The predicted octanol–water partition coefficient (Wildman–Crippen LogP) is 1.71. The lowest BCUT2D eigenvalue weighted by atomic mass is 10.1. The molecule has 2 aromatic carbocycles. The van der Waals surface area contributed by atoms with Crippen LogP contribution in [0.25, 0.3) is 0 Å². The van der Waals surface area contributed by atoms with Crippen LogP contribution in [0, 0.1) is 0 Å². The Bertz CT molecular complexity index is 685. The molecule has 0 aromatic heterocycles. The number of quaternary nitrogens is 1. The van der Waals surface area contributed by atoms with Gasteiger partial charge in [0.05, 0.1) is 7.05 Å². The lowest BCUT2D eigenvalue weighted by Crippen LogP contribution is -3.10. The van der Waals surface area contributed by atoms with E-state index in [2.05, 4.69) is 17.4 Å². The molecule has 0 spiro atoms. The number of hydrogen-bond acceptors (Lipinski definition) is 2. The molecule has 2 aromatic rings. The molecule has 126 valence electrons.